The Morgan fingerprint density at radius 1 is 1.21 bits per heavy atom. The molecule has 1 fully saturated rings. The van der Waals surface area contributed by atoms with Gasteiger partial charge in [0.1, 0.15) is 5.75 Å². The van der Waals surface area contributed by atoms with Crippen LogP contribution in [0, 0.1) is 0 Å². The third kappa shape index (κ3) is 5.43. The van der Waals surface area contributed by atoms with E-state index in [9.17, 15) is 9.59 Å². The van der Waals surface area contributed by atoms with Crippen molar-refractivity contribution in [2.24, 2.45) is 0 Å². The highest BCUT2D eigenvalue weighted by Gasteiger charge is 2.20. The van der Waals surface area contributed by atoms with Crippen LogP contribution in [0.5, 0.6) is 5.75 Å². The number of aromatic nitrogens is 1. The summed E-state index contributed by atoms with van der Waals surface area (Å²) in [6.07, 6.45) is 0.163. The van der Waals surface area contributed by atoms with Crippen molar-refractivity contribution in [3.05, 3.63) is 40.9 Å². The molecule has 3 rings (SSSR count). The molecule has 1 aromatic heterocycles. The highest BCUT2D eigenvalue weighted by Crippen LogP contribution is 2.18. The van der Waals surface area contributed by atoms with Gasteiger partial charge in [-0.15, -0.1) is 11.3 Å². The Hall–Kier alpha value is -2.65. The van der Waals surface area contributed by atoms with Gasteiger partial charge in [-0.1, -0.05) is 18.2 Å². The fraction of sp³-hybridized carbons (Fsp3) is 0.421. The van der Waals surface area contributed by atoms with E-state index in [0.29, 0.717) is 30.5 Å². The lowest BCUT2D eigenvalue weighted by Crippen LogP contribution is -2.48. The number of piperazine rings is 1. The van der Waals surface area contributed by atoms with Crippen LogP contribution in [-0.2, 0) is 17.8 Å². The molecular formula is C19H25N5O3S. The van der Waals surface area contributed by atoms with Crippen molar-refractivity contribution in [1.29, 1.82) is 0 Å². The van der Waals surface area contributed by atoms with E-state index in [-0.39, 0.29) is 18.4 Å². The number of carbonyl (C=O) groups excluding carboxylic acids is 2. The van der Waals surface area contributed by atoms with Crippen LogP contribution in [0.4, 0.5) is 9.93 Å². The minimum absolute atomic E-state index is 0.131. The van der Waals surface area contributed by atoms with Gasteiger partial charge in [-0.25, -0.2) is 9.78 Å². The molecule has 0 spiro atoms. The Morgan fingerprint density at radius 2 is 1.96 bits per heavy atom. The van der Waals surface area contributed by atoms with Crippen LogP contribution in [0.25, 0.3) is 0 Å². The second-order valence-electron chi connectivity index (χ2n) is 6.63. The standard InChI is InChI=1S/C19H25N5O3S/c1-23-7-9-24(10-8-23)19(26)22-18-21-15(13-28-18)11-17(25)20-12-14-5-3-4-6-16(14)27-2/h3-6,13H,7-12H2,1-2H3,(H,20,25)(H,21,22,26). The molecule has 8 nitrogen and oxygen atoms in total. The predicted molar refractivity (Wildman–Crippen MR) is 109 cm³/mol. The molecule has 2 N–H and O–H groups in total. The van der Waals surface area contributed by atoms with Crippen LogP contribution < -0.4 is 15.4 Å². The number of thiazole rings is 1. The normalized spacial score (nSPS) is 14.6. The van der Waals surface area contributed by atoms with Gasteiger partial charge >= 0.3 is 6.03 Å². The summed E-state index contributed by atoms with van der Waals surface area (Å²) in [5.41, 5.74) is 1.55. The lowest BCUT2D eigenvalue weighted by molar-refractivity contribution is -0.120. The van der Waals surface area contributed by atoms with Crippen molar-refractivity contribution < 1.29 is 14.3 Å². The van der Waals surface area contributed by atoms with E-state index in [4.69, 9.17) is 4.74 Å². The maximum atomic E-state index is 12.3. The number of hydrogen-bond acceptors (Lipinski definition) is 6. The largest absolute Gasteiger partial charge is 0.496 e. The quantitative estimate of drug-likeness (QED) is 0.768. The van der Waals surface area contributed by atoms with E-state index >= 15 is 0 Å². The first-order chi connectivity index (χ1) is 13.5. The second kappa shape index (κ2) is 9.52. The highest BCUT2D eigenvalue weighted by molar-refractivity contribution is 7.13. The number of ether oxygens (including phenoxy) is 1. The lowest BCUT2D eigenvalue weighted by atomic mass is 10.2. The smallest absolute Gasteiger partial charge is 0.323 e. The van der Waals surface area contributed by atoms with Crippen molar-refractivity contribution in [3.8, 4) is 5.75 Å². The minimum atomic E-state index is -0.144. The Kier molecular flexibility index (Phi) is 6.83. The van der Waals surface area contributed by atoms with E-state index < -0.39 is 0 Å². The predicted octanol–water partition coefficient (Wildman–Crippen LogP) is 1.79. The van der Waals surface area contributed by atoms with Crippen molar-refractivity contribution in [3.63, 3.8) is 0 Å². The molecule has 2 heterocycles. The van der Waals surface area contributed by atoms with Crippen LogP contribution in [0.15, 0.2) is 29.6 Å². The number of amides is 3. The molecule has 0 saturated carbocycles. The monoisotopic (exact) mass is 403 g/mol. The van der Waals surface area contributed by atoms with Gasteiger partial charge in [-0.2, -0.15) is 0 Å². The van der Waals surface area contributed by atoms with E-state index in [0.717, 1.165) is 24.4 Å². The van der Waals surface area contributed by atoms with Gasteiger partial charge in [0.15, 0.2) is 5.13 Å². The Bertz CT molecular complexity index is 817. The molecule has 0 radical (unpaired) electrons. The third-order valence-corrected chi connectivity index (χ3v) is 5.37. The van der Waals surface area contributed by atoms with Gasteiger partial charge in [0.2, 0.25) is 5.91 Å². The zero-order chi connectivity index (χ0) is 19.9. The van der Waals surface area contributed by atoms with Gasteiger partial charge < -0.3 is 19.9 Å². The number of methoxy groups -OCH3 is 1. The maximum absolute atomic E-state index is 12.3. The maximum Gasteiger partial charge on any atom is 0.323 e. The molecule has 0 atom stereocenters. The summed E-state index contributed by atoms with van der Waals surface area (Å²) in [4.78, 5) is 32.8. The minimum Gasteiger partial charge on any atom is -0.496 e. The highest BCUT2D eigenvalue weighted by atomic mass is 32.1. The Balaban J connectivity index is 1.47. The van der Waals surface area contributed by atoms with Crippen LogP contribution >= 0.6 is 11.3 Å². The van der Waals surface area contributed by atoms with Gasteiger partial charge in [-0.05, 0) is 13.1 Å². The molecule has 28 heavy (non-hydrogen) atoms. The Morgan fingerprint density at radius 3 is 2.71 bits per heavy atom. The van der Waals surface area contributed by atoms with E-state index in [1.807, 2.05) is 31.3 Å². The molecule has 1 aromatic carbocycles. The Labute approximate surface area is 168 Å². The third-order valence-electron chi connectivity index (χ3n) is 4.57. The molecule has 0 bridgehead atoms. The average molecular weight is 404 g/mol. The fourth-order valence-corrected chi connectivity index (χ4v) is 3.60. The van der Waals surface area contributed by atoms with Gasteiger partial charge in [0.05, 0.1) is 19.2 Å². The van der Waals surface area contributed by atoms with Crippen molar-refractivity contribution in [2.75, 3.05) is 45.7 Å². The first-order valence-corrected chi connectivity index (χ1v) is 10.0. The number of hydrogen-bond donors (Lipinski definition) is 2. The number of carbonyl (C=O) groups is 2. The van der Waals surface area contributed by atoms with E-state index in [1.165, 1.54) is 11.3 Å². The molecule has 3 amide bonds. The van der Waals surface area contributed by atoms with Crippen LogP contribution in [-0.4, -0.2) is 67.1 Å². The summed E-state index contributed by atoms with van der Waals surface area (Å²) in [7, 11) is 3.65. The second-order valence-corrected chi connectivity index (χ2v) is 7.49. The first kappa shape index (κ1) is 20.1. The van der Waals surface area contributed by atoms with Crippen molar-refractivity contribution >= 4 is 28.4 Å². The molecule has 0 aliphatic carbocycles. The number of urea groups is 1. The SMILES string of the molecule is COc1ccccc1CNC(=O)Cc1csc(NC(=O)N2CCN(C)CC2)n1. The average Bonchev–Trinajstić information content (AvgIpc) is 3.13. The zero-order valence-electron chi connectivity index (χ0n) is 16.1. The molecule has 2 aromatic rings. The fourth-order valence-electron chi connectivity index (χ4n) is 2.90. The molecule has 9 heteroatoms. The van der Waals surface area contributed by atoms with Gasteiger partial charge in [-0.3, -0.25) is 10.1 Å². The summed E-state index contributed by atoms with van der Waals surface area (Å²) in [5.74, 6) is 0.610. The number of anilines is 1. The number of para-hydroxylation sites is 1. The van der Waals surface area contributed by atoms with Crippen LogP contribution in [0.2, 0.25) is 0 Å². The molecule has 1 aliphatic heterocycles. The van der Waals surface area contributed by atoms with Crippen LogP contribution in [0.1, 0.15) is 11.3 Å². The summed E-state index contributed by atoms with van der Waals surface area (Å²) in [6, 6.07) is 7.41. The van der Waals surface area contributed by atoms with Crippen molar-refractivity contribution in [1.82, 2.24) is 20.1 Å². The summed E-state index contributed by atoms with van der Waals surface area (Å²) < 4.78 is 5.28. The molecule has 150 valence electrons. The topological polar surface area (TPSA) is 86.8 Å². The lowest BCUT2D eigenvalue weighted by Gasteiger charge is -2.32. The molecule has 1 aliphatic rings. The van der Waals surface area contributed by atoms with Gasteiger partial charge in [0, 0.05) is 43.7 Å². The number of nitrogens with one attached hydrogen (secondary N) is 2. The first-order valence-electron chi connectivity index (χ1n) is 9.12. The number of rotatable bonds is 6. The zero-order valence-corrected chi connectivity index (χ0v) is 16.9. The number of benzene rings is 1. The van der Waals surface area contributed by atoms with E-state index in [1.54, 1.807) is 17.4 Å². The van der Waals surface area contributed by atoms with Gasteiger partial charge in [0.25, 0.3) is 0 Å². The summed E-state index contributed by atoms with van der Waals surface area (Å²) >= 11 is 1.32. The summed E-state index contributed by atoms with van der Waals surface area (Å²) in [6.45, 7) is 3.52. The molecular weight excluding hydrogens is 378 g/mol. The van der Waals surface area contributed by atoms with Crippen molar-refractivity contribution in [2.45, 2.75) is 13.0 Å². The molecule has 0 unspecified atom stereocenters. The van der Waals surface area contributed by atoms with Crippen LogP contribution in [0.3, 0.4) is 0 Å². The number of nitrogens with zero attached hydrogens (tertiary/aromatic N) is 3. The molecule has 1 saturated heterocycles. The van der Waals surface area contributed by atoms with E-state index in [2.05, 4.69) is 20.5 Å². The summed E-state index contributed by atoms with van der Waals surface area (Å²) in [5, 5.41) is 8.00. The number of likely N-dealkylation sites (N-methyl/N-ethyl adjacent to an activating group) is 1.